The van der Waals surface area contributed by atoms with Gasteiger partial charge in [-0.3, -0.25) is 9.78 Å². The molecular weight excluding hydrogens is 256 g/mol. The van der Waals surface area contributed by atoms with Crippen LogP contribution in [0.5, 0.6) is 0 Å². The molecule has 0 saturated heterocycles. The minimum absolute atomic E-state index is 0.0620. The van der Waals surface area contributed by atoms with Crippen LogP contribution in [0, 0.1) is 13.8 Å². The fourth-order valence-corrected chi connectivity index (χ4v) is 1.91. The Morgan fingerprint density at radius 3 is 2.45 bits per heavy atom. The number of para-hydroxylation sites is 1. The first-order chi connectivity index (χ1) is 9.50. The maximum Gasteiger partial charge on any atom is 0.337 e. The summed E-state index contributed by atoms with van der Waals surface area (Å²) < 4.78 is 0. The molecule has 1 amide bonds. The minimum atomic E-state index is -1.08. The second-order valence-corrected chi connectivity index (χ2v) is 4.43. The Morgan fingerprint density at radius 1 is 1.10 bits per heavy atom. The molecule has 2 rings (SSSR count). The Balaban J connectivity index is 2.38. The van der Waals surface area contributed by atoms with E-state index in [-0.39, 0.29) is 11.3 Å². The van der Waals surface area contributed by atoms with Gasteiger partial charge in [0.05, 0.1) is 11.3 Å². The number of carbonyl (C=O) groups excluding carboxylic acids is 1. The SMILES string of the molecule is Cc1cccnc1C(=O)Nc1c(C)cccc1C(=O)O. The molecule has 0 saturated carbocycles. The van der Waals surface area contributed by atoms with Crippen molar-refractivity contribution in [3.8, 4) is 0 Å². The lowest BCUT2D eigenvalue weighted by molar-refractivity contribution is 0.0698. The van der Waals surface area contributed by atoms with Crippen molar-refractivity contribution in [1.29, 1.82) is 0 Å². The van der Waals surface area contributed by atoms with Crippen molar-refractivity contribution in [3.05, 3.63) is 58.9 Å². The monoisotopic (exact) mass is 270 g/mol. The van der Waals surface area contributed by atoms with Gasteiger partial charge in [-0.25, -0.2) is 4.79 Å². The number of aromatic nitrogens is 1. The van der Waals surface area contributed by atoms with Crippen LogP contribution in [0.3, 0.4) is 0 Å². The van der Waals surface area contributed by atoms with Crippen LogP contribution in [0.2, 0.25) is 0 Å². The topological polar surface area (TPSA) is 79.3 Å². The zero-order valence-corrected chi connectivity index (χ0v) is 11.2. The van der Waals surface area contributed by atoms with Crippen molar-refractivity contribution < 1.29 is 14.7 Å². The normalized spacial score (nSPS) is 10.1. The zero-order chi connectivity index (χ0) is 14.7. The lowest BCUT2D eigenvalue weighted by atomic mass is 10.1. The first kappa shape index (κ1) is 13.7. The lowest BCUT2D eigenvalue weighted by Gasteiger charge is -2.12. The van der Waals surface area contributed by atoms with Crippen molar-refractivity contribution in [1.82, 2.24) is 4.98 Å². The average molecular weight is 270 g/mol. The summed E-state index contributed by atoms with van der Waals surface area (Å²) >= 11 is 0. The number of anilines is 1. The van der Waals surface area contributed by atoms with E-state index in [1.807, 2.05) is 0 Å². The molecule has 0 aliphatic rings. The molecule has 5 nitrogen and oxygen atoms in total. The summed E-state index contributed by atoms with van der Waals surface area (Å²) in [4.78, 5) is 27.4. The van der Waals surface area contributed by atoms with Gasteiger partial charge in [0.15, 0.2) is 0 Å². The number of hydrogen-bond donors (Lipinski definition) is 2. The number of pyridine rings is 1. The third-order valence-electron chi connectivity index (χ3n) is 2.97. The minimum Gasteiger partial charge on any atom is -0.478 e. The zero-order valence-electron chi connectivity index (χ0n) is 11.2. The summed E-state index contributed by atoms with van der Waals surface area (Å²) in [5, 5.41) is 11.8. The van der Waals surface area contributed by atoms with Crippen molar-refractivity contribution in [2.24, 2.45) is 0 Å². The van der Waals surface area contributed by atoms with Crippen molar-refractivity contribution in [2.75, 3.05) is 5.32 Å². The predicted octanol–water partition coefficient (Wildman–Crippen LogP) is 2.65. The molecule has 1 aromatic heterocycles. The molecular formula is C15H14N2O3. The molecule has 0 spiro atoms. The number of carboxylic acid groups (broad SMARTS) is 1. The fourth-order valence-electron chi connectivity index (χ4n) is 1.91. The van der Waals surface area contributed by atoms with Gasteiger partial charge in [0.1, 0.15) is 5.69 Å². The number of hydrogen-bond acceptors (Lipinski definition) is 3. The molecule has 0 aliphatic heterocycles. The van der Waals surface area contributed by atoms with Gasteiger partial charge >= 0.3 is 5.97 Å². The standard InChI is InChI=1S/C15H14N2O3/c1-9-5-3-7-11(15(19)20)12(9)17-14(18)13-10(2)6-4-8-16-13/h3-8H,1-2H3,(H,17,18)(H,19,20). The number of benzene rings is 1. The summed E-state index contributed by atoms with van der Waals surface area (Å²) in [6.45, 7) is 3.52. The Hall–Kier alpha value is -2.69. The first-order valence-corrected chi connectivity index (χ1v) is 6.06. The van der Waals surface area contributed by atoms with Crippen molar-refractivity contribution >= 4 is 17.6 Å². The van der Waals surface area contributed by atoms with Crippen LogP contribution in [0.1, 0.15) is 32.0 Å². The van der Waals surface area contributed by atoms with E-state index in [0.29, 0.717) is 11.3 Å². The summed E-state index contributed by atoms with van der Waals surface area (Å²) in [5.74, 6) is -1.50. The number of aromatic carboxylic acids is 1. The maximum absolute atomic E-state index is 12.2. The Bertz CT molecular complexity index is 681. The summed E-state index contributed by atoms with van der Waals surface area (Å²) in [6.07, 6.45) is 1.53. The molecule has 20 heavy (non-hydrogen) atoms. The molecule has 102 valence electrons. The van der Waals surface area contributed by atoms with E-state index in [9.17, 15) is 9.59 Å². The van der Waals surface area contributed by atoms with Gasteiger partial charge in [-0.15, -0.1) is 0 Å². The molecule has 0 aliphatic carbocycles. The fraction of sp³-hybridized carbons (Fsp3) is 0.133. The molecule has 0 atom stereocenters. The van der Waals surface area contributed by atoms with E-state index in [4.69, 9.17) is 5.11 Å². The first-order valence-electron chi connectivity index (χ1n) is 6.06. The van der Waals surface area contributed by atoms with Crippen LogP contribution in [0.15, 0.2) is 36.5 Å². The summed E-state index contributed by atoms with van der Waals surface area (Å²) in [7, 11) is 0. The van der Waals surface area contributed by atoms with Crippen LogP contribution >= 0.6 is 0 Å². The number of nitrogens with zero attached hydrogens (tertiary/aromatic N) is 1. The highest BCUT2D eigenvalue weighted by Gasteiger charge is 2.17. The van der Waals surface area contributed by atoms with E-state index in [1.54, 1.807) is 38.1 Å². The number of carboxylic acids is 1. The quantitative estimate of drug-likeness (QED) is 0.898. The van der Waals surface area contributed by atoms with E-state index in [1.165, 1.54) is 12.3 Å². The number of aryl methyl sites for hydroxylation is 2. The third-order valence-corrected chi connectivity index (χ3v) is 2.97. The van der Waals surface area contributed by atoms with Crippen LogP contribution in [0.4, 0.5) is 5.69 Å². The molecule has 2 N–H and O–H groups in total. The van der Waals surface area contributed by atoms with Gasteiger partial charge in [0.2, 0.25) is 0 Å². The molecule has 0 unspecified atom stereocenters. The van der Waals surface area contributed by atoms with Gasteiger partial charge in [0, 0.05) is 6.20 Å². The van der Waals surface area contributed by atoms with Gasteiger partial charge in [-0.1, -0.05) is 18.2 Å². The van der Waals surface area contributed by atoms with Gasteiger partial charge in [0.25, 0.3) is 5.91 Å². The lowest BCUT2D eigenvalue weighted by Crippen LogP contribution is -2.18. The van der Waals surface area contributed by atoms with Crippen LogP contribution in [-0.4, -0.2) is 22.0 Å². The van der Waals surface area contributed by atoms with Crippen molar-refractivity contribution in [3.63, 3.8) is 0 Å². The van der Waals surface area contributed by atoms with Gasteiger partial charge in [-0.2, -0.15) is 0 Å². The largest absolute Gasteiger partial charge is 0.478 e. The van der Waals surface area contributed by atoms with E-state index in [0.717, 1.165) is 5.56 Å². The average Bonchev–Trinajstić information content (AvgIpc) is 2.41. The van der Waals surface area contributed by atoms with Gasteiger partial charge < -0.3 is 10.4 Å². The second-order valence-electron chi connectivity index (χ2n) is 4.43. The van der Waals surface area contributed by atoms with E-state index < -0.39 is 11.9 Å². The Labute approximate surface area is 116 Å². The molecule has 2 aromatic rings. The Morgan fingerprint density at radius 2 is 1.80 bits per heavy atom. The van der Waals surface area contributed by atoms with E-state index >= 15 is 0 Å². The number of carbonyl (C=O) groups is 2. The van der Waals surface area contributed by atoms with Crippen LogP contribution < -0.4 is 5.32 Å². The summed E-state index contributed by atoms with van der Waals surface area (Å²) in [5.41, 5.74) is 2.07. The molecule has 1 heterocycles. The Kier molecular flexibility index (Phi) is 3.79. The molecule has 5 heteroatoms. The van der Waals surface area contributed by atoms with Crippen molar-refractivity contribution in [2.45, 2.75) is 13.8 Å². The number of rotatable bonds is 3. The number of nitrogens with one attached hydrogen (secondary N) is 1. The highest BCUT2D eigenvalue weighted by atomic mass is 16.4. The smallest absolute Gasteiger partial charge is 0.337 e. The maximum atomic E-state index is 12.2. The van der Waals surface area contributed by atoms with Gasteiger partial charge in [-0.05, 0) is 37.1 Å². The van der Waals surface area contributed by atoms with Crippen LogP contribution in [-0.2, 0) is 0 Å². The molecule has 0 fully saturated rings. The molecule has 0 radical (unpaired) electrons. The summed E-state index contributed by atoms with van der Waals surface area (Å²) in [6, 6.07) is 8.35. The highest BCUT2D eigenvalue weighted by Crippen LogP contribution is 2.21. The van der Waals surface area contributed by atoms with Crippen LogP contribution in [0.25, 0.3) is 0 Å². The van der Waals surface area contributed by atoms with E-state index in [2.05, 4.69) is 10.3 Å². The molecule has 1 aromatic carbocycles. The number of amides is 1. The molecule has 0 bridgehead atoms. The highest BCUT2D eigenvalue weighted by molar-refractivity contribution is 6.08. The third kappa shape index (κ3) is 2.66. The second kappa shape index (κ2) is 5.52. The predicted molar refractivity (Wildman–Crippen MR) is 75.1 cm³/mol.